The third kappa shape index (κ3) is 2.12. The predicted molar refractivity (Wildman–Crippen MR) is 79.6 cm³/mol. The van der Waals surface area contributed by atoms with Crippen LogP contribution in [0.5, 0.6) is 0 Å². The third-order valence-electron chi connectivity index (χ3n) is 3.98. The van der Waals surface area contributed by atoms with Crippen LogP contribution in [0.25, 0.3) is 5.78 Å². The van der Waals surface area contributed by atoms with Gasteiger partial charge in [0, 0.05) is 31.6 Å². The van der Waals surface area contributed by atoms with Gasteiger partial charge in [-0.15, -0.1) is 0 Å². The van der Waals surface area contributed by atoms with Gasteiger partial charge in [0.1, 0.15) is 12.1 Å². The summed E-state index contributed by atoms with van der Waals surface area (Å²) in [7, 11) is 1.74. The van der Waals surface area contributed by atoms with Gasteiger partial charge in [0.25, 0.3) is 5.78 Å². The molecule has 8 nitrogen and oxygen atoms in total. The summed E-state index contributed by atoms with van der Waals surface area (Å²) < 4.78 is 9.38. The van der Waals surface area contributed by atoms with E-state index in [0.29, 0.717) is 5.78 Å². The van der Waals surface area contributed by atoms with Crippen LogP contribution in [0.2, 0.25) is 0 Å². The lowest BCUT2D eigenvalue weighted by molar-refractivity contribution is 0.0926. The molecule has 0 aromatic carbocycles. The molecule has 0 aliphatic carbocycles. The number of ether oxygens (including phenoxy) is 1. The summed E-state index contributed by atoms with van der Waals surface area (Å²) >= 11 is 0. The molecule has 0 saturated carbocycles. The van der Waals surface area contributed by atoms with Crippen molar-refractivity contribution in [2.24, 2.45) is 0 Å². The van der Waals surface area contributed by atoms with Gasteiger partial charge in [-0.3, -0.25) is 4.68 Å². The van der Waals surface area contributed by atoms with Crippen LogP contribution in [0.4, 0.5) is 5.82 Å². The Morgan fingerprint density at radius 3 is 3.05 bits per heavy atom. The molecular weight excluding hydrogens is 282 g/mol. The Hall–Kier alpha value is -2.48. The lowest BCUT2D eigenvalue weighted by atomic mass is 10.3. The highest BCUT2D eigenvalue weighted by Gasteiger charge is 2.24. The lowest BCUT2D eigenvalue weighted by Crippen LogP contribution is -2.33. The van der Waals surface area contributed by atoms with E-state index >= 15 is 0 Å². The van der Waals surface area contributed by atoms with Gasteiger partial charge in [0.2, 0.25) is 0 Å². The molecule has 0 radical (unpaired) electrons. The molecule has 1 atom stereocenters. The molecule has 0 spiro atoms. The third-order valence-corrected chi connectivity index (χ3v) is 3.98. The fourth-order valence-corrected chi connectivity index (χ4v) is 2.88. The number of hydrogen-bond donors (Lipinski definition) is 0. The largest absolute Gasteiger partial charge is 0.378 e. The Morgan fingerprint density at radius 2 is 2.18 bits per heavy atom. The molecular formula is C14H17N7O. The Balaban J connectivity index is 1.81. The zero-order valence-electron chi connectivity index (χ0n) is 12.5. The van der Waals surface area contributed by atoms with Gasteiger partial charge < -0.3 is 9.64 Å². The van der Waals surface area contributed by atoms with E-state index in [1.165, 1.54) is 6.33 Å². The van der Waals surface area contributed by atoms with Crippen molar-refractivity contribution in [2.45, 2.75) is 26.1 Å². The van der Waals surface area contributed by atoms with Crippen molar-refractivity contribution in [2.75, 3.05) is 18.6 Å². The quantitative estimate of drug-likeness (QED) is 0.692. The molecule has 0 amide bonds. The van der Waals surface area contributed by atoms with E-state index in [0.717, 1.165) is 36.8 Å². The molecule has 0 bridgehead atoms. The summed E-state index contributed by atoms with van der Waals surface area (Å²) in [5.41, 5.74) is 2.07. The average molecular weight is 299 g/mol. The second-order valence-corrected chi connectivity index (χ2v) is 5.47. The molecule has 0 fully saturated rings. The highest BCUT2D eigenvalue weighted by atomic mass is 16.5. The minimum absolute atomic E-state index is 0.0631. The fraction of sp³-hybridized carbons (Fsp3) is 0.429. The molecule has 1 aliphatic rings. The van der Waals surface area contributed by atoms with E-state index in [2.05, 4.69) is 25.1 Å². The maximum absolute atomic E-state index is 5.61. The molecule has 3 aromatic rings. The van der Waals surface area contributed by atoms with E-state index in [4.69, 9.17) is 4.74 Å². The van der Waals surface area contributed by atoms with Gasteiger partial charge in [-0.05, 0) is 13.0 Å². The number of methoxy groups -OCH3 is 1. The van der Waals surface area contributed by atoms with Crippen LogP contribution >= 0.6 is 0 Å². The van der Waals surface area contributed by atoms with E-state index in [1.807, 2.05) is 29.9 Å². The van der Waals surface area contributed by atoms with Gasteiger partial charge in [0.15, 0.2) is 0 Å². The molecule has 1 aliphatic heterocycles. The van der Waals surface area contributed by atoms with E-state index in [9.17, 15) is 0 Å². The van der Waals surface area contributed by atoms with Crippen molar-refractivity contribution in [1.29, 1.82) is 0 Å². The van der Waals surface area contributed by atoms with Crippen molar-refractivity contribution in [3.8, 4) is 0 Å². The van der Waals surface area contributed by atoms with Crippen molar-refractivity contribution in [1.82, 2.24) is 29.4 Å². The van der Waals surface area contributed by atoms with Gasteiger partial charge in [-0.2, -0.15) is 19.7 Å². The molecule has 3 aromatic heterocycles. The van der Waals surface area contributed by atoms with Crippen molar-refractivity contribution in [3.05, 3.63) is 36.0 Å². The first kappa shape index (κ1) is 13.2. The Kier molecular flexibility index (Phi) is 3.04. The Morgan fingerprint density at radius 1 is 1.27 bits per heavy atom. The summed E-state index contributed by atoms with van der Waals surface area (Å²) in [6, 6.07) is 4.07. The Labute approximate surface area is 127 Å². The topological polar surface area (TPSA) is 73.4 Å². The second kappa shape index (κ2) is 5.06. The summed E-state index contributed by atoms with van der Waals surface area (Å²) in [5, 5.41) is 8.67. The number of aryl methyl sites for hydroxylation is 1. The van der Waals surface area contributed by atoms with Gasteiger partial charge in [-0.1, -0.05) is 0 Å². The lowest BCUT2D eigenvalue weighted by Gasteiger charge is -2.25. The summed E-state index contributed by atoms with van der Waals surface area (Å²) in [4.78, 5) is 10.8. The number of nitrogens with zero attached hydrogens (tertiary/aromatic N) is 7. The van der Waals surface area contributed by atoms with Crippen molar-refractivity contribution >= 4 is 11.6 Å². The summed E-state index contributed by atoms with van der Waals surface area (Å²) in [6.07, 6.45) is 3.42. The maximum atomic E-state index is 5.61. The zero-order chi connectivity index (χ0) is 15.1. The molecule has 0 saturated heterocycles. The molecule has 4 heterocycles. The number of rotatable bonds is 2. The fourth-order valence-electron chi connectivity index (χ4n) is 2.88. The average Bonchev–Trinajstić information content (AvgIpc) is 3.11. The molecule has 0 N–H and O–H groups in total. The van der Waals surface area contributed by atoms with Gasteiger partial charge in [-0.25, -0.2) is 4.98 Å². The van der Waals surface area contributed by atoms with Crippen molar-refractivity contribution < 1.29 is 4.74 Å². The number of aromatic nitrogens is 6. The first-order valence-corrected chi connectivity index (χ1v) is 7.20. The van der Waals surface area contributed by atoms with Crippen LogP contribution in [0, 0.1) is 6.92 Å². The first-order chi connectivity index (χ1) is 10.7. The Bertz CT molecular complexity index is 808. The number of hydrogen-bond acceptors (Lipinski definition) is 6. The highest BCUT2D eigenvalue weighted by Crippen LogP contribution is 2.22. The van der Waals surface area contributed by atoms with E-state index in [1.54, 1.807) is 11.6 Å². The molecule has 22 heavy (non-hydrogen) atoms. The van der Waals surface area contributed by atoms with E-state index < -0.39 is 0 Å². The van der Waals surface area contributed by atoms with Crippen molar-refractivity contribution in [3.63, 3.8) is 0 Å². The minimum Gasteiger partial charge on any atom is -0.378 e. The number of fused-ring (bicyclic) bond motifs is 2. The summed E-state index contributed by atoms with van der Waals surface area (Å²) in [6.45, 7) is 4.23. The maximum Gasteiger partial charge on any atom is 0.254 e. The van der Waals surface area contributed by atoms with Gasteiger partial charge in [0.05, 0.1) is 24.9 Å². The molecule has 8 heteroatoms. The smallest absolute Gasteiger partial charge is 0.254 e. The SMILES string of the molecule is CO[C@H]1CN(c2cc(C)nc3ncnn23)Cc2ccnn2C1. The monoisotopic (exact) mass is 299 g/mol. The van der Waals surface area contributed by atoms with Crippen LogP contribution in [0.3, 0.4) is 0 Å². The molecule has 0 unspecified atom stereocenters. The van der Waals surface area contributed by atoms with Crippen LogP contribution in [0.15, 0.2) is 24.7 Å². The predicted octanol–water partition coefficient (Wildman–Crippen LogP) is 0.664. The molecule has 4 rings (SSSR count). The van der Waals surface area contributed by atoms with Crippen LogP contribution in [0.1, 0.15) is 11.4 Å². The highest BCUT2D eigenvalue weighted by molar-refractivity contribution is 5.47. The minimum atomic E-state index is 0.0631. The summed E-state index contributed by atoms with van der Waals surface area (Å²) in [5.74, 6) is 1.58. The number of anilines is 1. The van der Waals surface area contributed by atoms with E-state index in [-0.39, 0.29) is 6.10 Å². The second-order valence-electron chi connectivity index (χ2n) is 5.47. The normalized spacial score (nSPS) is 18.5. The van der Waals surface area contributed by atoms with Crippen LogP contribution in [-0.2, 0) is 17.8 Å². The first-order valence-electron chi connectivity index (χ1n) is 7.20. The zero-order valence-corrected chi connectivity index (χ0v) is 12.5. The van der Waals surface area contributed by atoms with Gasteiger partial charge >= 0.3 is 0 Å². The van der Waals surface area contributed by atoms with Crippen LogP contribution in [-0.4, -0.2) is 49.1 Å². The molecule has 114 valence electrons. The van der Waals surface area contributed by atoms with Crippen LogP contribution < -0.4 is 4.90 Å². The standard InChI is InChI=1S/C14H17N7O/c1-10-5-13(21-14(18-10)15-9-17-21)19-6-11-3-4-16-20(11)8-12(7-19)22-2/h3-5,9,12H,6-8H2,1-2H3/t12-/m0/s1.